The van der Waals surface area contributed by atoms with Crippen molar-refractivity contribution in [3.8, 4) is 0 Å². The zero-order valence-corrected chi connectivity index (χ0v) is 15.1. The van der Waals surface area contributed by atoms with E-state index in [1.165, 1.54) is 6.07 Å². The molecule has 1 aliphatic rings. The minimum Gasteiger partial charge on any atom is -0.381 e. The van der Waals surface area contributed by atoms with Gasteiger partial charge in [-0.15, -0.1) is 0 Å². The Morgan fingerprint density at radius 2 is 2.05 bits per heavy atom. The topological polar surface area (TPSA) is 38.3 Å². The minimum absolute atomic E-state index is 0.0475. The van der Waals surface area contributed by atoms with Crippen LogP contribution in [0.3, 0.4) is 0 Å². The zero-order chi connectivity index (χ0) is 16.5. The lowest BCUT2D eigenvalue weighted by Crippen LogP contribution is -2.38. The Labute approximate surface area is 140 Å². The predicted molar refractivity (Wildman–Crippen MR) is 90.7 cm³/mol. The molecule has 1 fully saturated rings. The van der Waals surface area contributed by atoms with Gasteiger partial charge in [-0.3, -0.25) is 4.79 Å². The van der Waals surface area contributed by atoms with Gasteiger partial charge in [-0.1, -0.05) is 19.9 Å². The number of carbonyl (C=O) groups excluding carboxylic acids is 1. The van der Waals surface area contributed by atoms with E-state index in [0.29, 0.717) is 17.1 Å². The average molecular weight is 374 g/mol. The molecule has 1 saturated heterocycles. The maximum Gasteiger partial charge on any atom is 0.138 e. The Kier molecular flexibility index (Phi) is 8.83. The maximum atomic E-state index is 13.6. The van der Waals surface area contributed by atoms with Gasteiger partial charge in [-0.05, 0) is 53.4 Å². The summed E-state index contributed by atoms with van der Waals surface area (Å²) in [4.78, 5) is 11.8. The Balaban J connectivity index is 0.00000116. The molecule has 22 heavy (non-hydrogen) atoms. The highest BCUT2D eigenvalue weighted by Gasteiger charge is 2.20. The summed E-state index contributed by atoms with van der Waals surface area (Å²) in [6.45, 7) is 7.61. The molecule has 2 rings (SSSR count). The van der Waals surface area contributed by atoms with E-state index in [9.17, 15) is 9.18 Å². The lowest BCUT2D eigenvalue weighted by atomic mass is 9.94. The van der Waals surface area contributed by atoms with Crippen molar-refractivity contribution >= 4 is 21.7 Å². The van der Waals surface area contributed by atoms with Crippen LogP contribution in [-0.2, 0) is 9.53 Å². The van der Waals surface area contributed by atoms with Crippen molar-refractivity contribution in [1.29, 1.82) is 0 Å². The lowest BCUT2D eigenvalue weighted by molar-refractivity contribution is -0.118. The molecule has 0 bridgehead atoms. The van der Waals surface area contributed by atoms with Crippen LogP contribution in [0.5, 0.6) is 0 Å². The van der Waals surface area contributed by atoms with Gasteiger partial charge < -0.3 is 10.1 Å². The van der Waals surface area contributed by atoms with E-state index < -0.39 is 0 Å². The zero-order valence-electron chi connectivity index (χ0n) is 13.5. The fraction of sp³-hybridized carbons (Fsp3) is 0.588. The molecule has 1 heterocycles. The molecule has 0 radical (unpaired) electrons. The second-order valence-corrected chi connectivity index (χ2v) is 5.99. The van der Waals surface area contributed by atoms with E-state index in [0.717, 1.165) is 31.6 Å². The highest BCUT2D eigenvalue weighted by Crippen LogP contribution is 2.23. The van der Waals surface area contributed by atoms with Crippen molar-refractivity contribution in [1.82, 2.24) is 5.32 Å². The van der Waals surface area contributed by atoms with Gasteiger partial charge in [0.2, 0.25) is 0 Å². The Morgan fingerprint density at radius 1 is 1.41 bits per heavy atom. The molecule has 1 N–H and O–H groups in total. The summed E-state index contributed by atoms with van der Waals surface area (Å²) in [6, 6.07) is 5.26. The van der Waals surface area contributed by atoms with Crippen LogP contribution in [0.25, 0.3) is 0 Å². The third-order valence-electron chi connectivity index (χ3n) is 3.67. The largest absolute Gasteiger partial charge is 0.381 e. The van der Waals surface area contributed by atoms with Crippen molar-refractivity contribution in [3.05, 3.63) is 34.1 Å². The van der Waals surface area contributed by atoms with Crippen LogP contribution in [0.15, 0.2) is 22.7 Å². The predicted octanol–water partition coefficient (Wildman–Crippen LogP) is 4.06. The molecule has 0 spiro atoms. The fourth-order valence-corrected chi connectivity index (χ4v) is 2.66. The Hall–Kier alpha value is -0.780. The number of ketones is 1. The summed E-state index contributed by atoms with van der Waals surface area (Å²) < 4.78 is 19.3. The molecule has 0 aromatic heterocycles. The Morgan fingerprint density at radius 3 is 2.59 bits per heavy atom. The van der Waals surface area contributed by atoms with Gasteiger partial charge in [0.1, 0.15) is 11.6 Å². The van der Waals surface area contributed by atoms with Crippen molar-refractivity contribution < 1.29 is 13.9 Å². The van der Waals surface area contributed by atoms with Gasteiger partial charge in [-0.2, -0.15) is 0 Å². The number of nitrogens with one attached hydrogen (secondary N) is 1. The molecular weight excluding hydrogens is 349 g/mol. The van der Waals surface area contributed by atoms with Crippen LogP contribution in [-0.4, -0.2) is 31.6 Å². The number of Topliss-reactive ketones (excluding diaryl/α,β-unsaturated/α-hetero) is 1. The molecule has 0 aliphatic carbocycles. The average Bonchev–Trinajstić information content (AvgIpc) is 2.53. The summed E-state index contributed by atoms with van der Waals surface area (Å²) in [5, 5.41) is 3.40. The third kappa shape index (κ3) is 5.78. The molecular formula is C17H25BrFNO2. The van der Waals surface area contributed by atoms with E-state index >= 15 is 0 Å². The van der Waals surface area contributed by atoms with Crippen molar-refractivity contribution in [2.45, 2.75) is 45.6 Å². The molecule has 1 atom stereocenters. The van der Waals surface area contributed by atoms with E-state index in [1.54, 1.807) is 19.1 Å². The first-order valence-corrected chi connectivity index (χ1v) is 8.63. The summed E-state index contributed by atoms with van der Waals surface area (Å²) in [7, 11) is 0. The normalized spacial score (nSPS) is 16.6. The van der Waals surface area contributed by atoms with Crippen LogP contribution in [0, 0.1) is 5.82 Å². The van der Waals surface area contributed by atoms with Crippen LogP contribution in [0.4, 0.5) is 4.39 Å². The standard InChI is InChI=1S/C15H19BrFNO2.C2H6/c1-10(19)13(9-18-12-4-6-20-7-5-12)11-2-3-14(16)15(17)8-11;1-2/h2-3,8,12-13,18H,4-7,9H2,1H3;1-2H3. The minimum atomic E-state index is -0.334. The van der Waals surface area contributed by atoms with Gasteiger partial charge in [0, 0.05) is 25.8 Å². The molecule has 1 aromatic carbocycles. The van der Waals surface area contributed by atoms with Gasteiger partial charge in [0.25, 0.3) is 0 Å². The number of benzene rings is 1. The lowest BCUT2D eigenvalue weighted by Gasteiger charge is -2.25. The van der Waals surface area contributed by atoms with Gasteiger partial charge >= 0.3 is 0 Å². The number of hydrogen-bond acceptors (Lipinski definition) is 3. The number of halogens is 2. The summed E-state index contributed by atoms with van der Waals surface area (Å²) in [5.74, 6) is -0.591. The van der Waals surface area contributed by atoms with Crippen molar-refractivity contribution in [3.63, 3.8) is 0 Å². The first-order chi connectivity index (χ1) is 10.6. The monoisotopic (exact) mass is 373 g/mol. The van der Waals surface area contributed by atoms with E-state index in [2.05, 4.69) is 21.2 Å². The number of ether oxygens (including phenoxy) is 1. The highest BCUT2D eigenvalue weighted by molar-refractivity contribution is 9.10. The molecule has 1 unspecified atom stereocenters. The van der Waals surface area contributed by atoms with Gasteiger partial charge in [0.05, 0.1) is 10.4 Å². The molecule has 0 amide bonds. The van der Waals surface area contributed by atoms with Crippen LogP contribution < -0.4 is 5.32 Å². The third-order valence-corrected chi connectivity index (χ3v) is 4.31. The molecule has 1 aromatic rings. The van der Waals surface area contributed by atoms with Crippen molar-refractivity contribution in [2.24, 2.45) is 0 Å². The first kappa shape index (κ1) is 19.3. The second kappa shape index (κ2) is 10.1. The van der Waals surface area contributed by atoms with Crippen LogP contribution in [0.2, 0.25) is 0 Å². The molecule has 3 nitrogen and oxygen atoms in total. The van der Waals surface area contributed by atoms with Gasteiger partial charge in [0.15, 0.2) is 0 Å². The Bertz CT molecular complexity index is 476. The summed E-state index contributed by atoms with van der Waals surface area (Å²) in [6.07, 6.45) is 1.92. The maximum absolute atomic E-state index is 13.6. The highest BCUT2D eigenvalue weighted by atomic mass is 79.9. The number of hydrogen-bond donors (Lipinski definition) is 1. The first-order valence-electron chi connectivity index (χ1n) is 7.84. The molecule has 5 heteroatoms. The van der Waals surface area contributed by atoms with Crippen LogP contribution in [0.1, 0.15) is 45.1 Å². The molecule has 0 saturated carbocycles. The van der Waals surface area contributed by atoms with E-state index in [-0.39, 0.29) is 17.5 Å². The van der Waals surface area contributed by atoms with Crippen molar-refractivity contribution in [2.75, 3.05) is 19.8 Å². The quantitative estimate of drug-likeness (QED) is 0.845. The fourth-order valence-electron chi connectivity index (χ4n) is 2.41. The smallest absolute Gasteiger partial charge is 0.138 e. The van der Waals surface area contributed by atoms with Crippen LogP contribution >= 0.6 is 15.9 Å². The van der Waals surface area contributed by atoms with Gasteiger partial charge in [-0.25, -0.2) is 4.39 Å². The van der Waals surface area contributed by atoms with E-state index in [1.807, 2.05) is 13.8 Å². The number of carbonyl (C=O) groups is 1. The summed E-state index contributed by atoms with van der Waals surface area (Å²) >= 11 is 3.13. The summed E-state index contributed by atoms with van der Waals surface area (Å²) in [5.41, 5.74) is 0.720. The molecule has 1 aliphatic heterocycles. The molecule has 124 valence electrons. The SMILES string of the molecule is CC.CC(=O)C(CNC1CCOCC1)c1ccc(Br)c(F)c1. The second-order valence-electron chi connectivity index (χ2n) is 5.13. The number of rotatable bonds is 5. The van der Waals surface area contributed by atoms with E-state index in [4.69, 9.17) is 4.74 Å².